The third-order valence-electron chi connectivity index (χ3n) is 1.71. The molecule has 0 aliphatic rings. The Morgan fingerprint density at radius 1 is 1.41 bits per heavy atom. The molecule has 0 aliphatic carbocycles. The van der Waals surface area contributed by atoms with E-state index in [1.165, 1.54) is 0 Å². The summed E-state index contributed by atoms with van der Waals surface area (Å²) >= 11 is 0. The Balaban J connectivity index is 4.20. The number of hydrogen-bond donors (Lipinski definition) is 5. The lowest BCUT2D eigenvalue weighted by Gasteiger charge is -2.20. The molecule has 17 heavy (non-hydrogen) atoms. The van der Waals surface area contributed by atoms with Gasteiger partial charge in [-0.05, 0) is 12.3 Å². The van der Waals surface area contributed by atoms with Crippen LogP contribution in [0.4, 0.5) is 4.79 Å². The lowest BCUT2D eigenvalue weighted by atomic mass is 10.1. The van der Waals surface area contributed by atoms with Crippen LogP contribution in [0.1, 0.15) is 20.3 Å². The molecule has 0 fully saturated rings. The Kier molecular flexibility index (Phi) is 7.16. The van der Waals surface area contributed by atoms with Gasteiger partial charge in [-0.25, -0.2) is 4.79 Å². The Bertz CT molecular complexity index is 290. The van der Waals surface area contributed by atoms with Crippen LogP contribution in [0.2, 0.25) is 0 Å². The zero-order valence-electron chi connectivity index (χ0n) is 9.48. The summed E-state index contributed by atoms with van der Waals surface area (Å²) < 4.78 is 15.4. The van der Waals surface area contributed by atoms with Gasteiger partial charge < -0.3 is 24.3 Å². The minimum absolute atomic E-state index is 0.0894. The van der Waals surface area contributed by atoms with Gasteiger partial charge in [-0.15, -0.1) is 0 Å². The van der Waals surface area contributed by atoms with Crippen LogP contribution >= 0.6 is 16.0 Å². The van der Waals surface area contributed by atoms with Crippen molar-refractivity contribution in [3.8, 4) is 0 Å². The molecule has 102 valence electrons. The molecule has 0 saturated heterocycles. The average Bonchev–Trinajstić information content (AvgIpc) is 2.11. The molecule has 1 amide bonds. The van der Waals surface area contributed by atoms with Crippen molar-refractivity contribution in [2.24, 2.45) is 5.92 Å². The molecule has 0 radical (unpaired) electrons. The van der Waals surface area contributed by atoms with Gasteiger partial charge in [-0.2, -0.15) is 0 Å². The van der Waals surface area contributed by atoms with E-state index >= 15 is 0 Å². The van der Waals surface area contributed by atoms with Crippen molar-refractivity contribution in [1.29, 1.82) is 0 Å². The third-order valence-corrected chi connectivity index (χ3v) is 4.57. The van der Waals surface area contributed by atoms with Crippen LogP contribution in [0, 0.1) is 5.92 Å². The second-order valence-electron chi connectivity index (χ2n) is 3.75. The summed E-state index contributed by atoms with van der Waals surface area (Å²) in [5.41, 5.74) is -2.02. The fraction of sp³-hybridized carbons (Fsp3) is 0.857. The molecule has 0 bridgehead atoms. The van der Waals surface area contributed by atoms with Gasteiger partial charge in [0.15, 0.2) is 0 Å². The Hall–Kier alpha value is -0.230. The number of rotatable bonds is 6. The van der Waals surface area contributed by atoms with Crippen LogP contribution in [-0.2, 0) is 9.30 Å². The lowest BCUT2D eigenvalue weighted by molar-refractivity contribution is 0.139. The maximum Gasteiger partial charge on any atom is 0.408 e. The summed E-state index contributed by atoms with van der Waals surface area (Å²) in [4.78, 5) is 46.1. The molecule has 8 nitrogen and oxygen atoms in total. The van der Waals surface area contributed by atoms with Crippen LogP contribution in [-0.4, -0.2) is 37.8 Å². The van der Waals surface area contributed by atoms with Gasteiger partial charge in [-0.1, -0.05) is 13.8 Å². The Morgan fingerprint density at radius 3 is 2.29 bits per heavy atom. The molecular weight excluding hydrogens is 272 g/mol. The van der Waals surface area contributed by atoms with Crippen molar-refractivity contribution in [3.05, 3.63) is 0 Å². The van der Waals surface area contributed by atoms with E-state index in [9.17, 15) is 9.36 Å². The van der Waals surface area contributed by atoms with Crippen molar-refractivity contribution in [1.82, 2.24) is 5.32 Å². The molecule has 0 aromatic carbocycles. The topological polar surface area (TPSA) is 136 Å². The first-order valence-corrected chi connectivity index (χ1v) is 7.80. The van der Waals surface area contributed by atoms with Crippen LogP contribution in [0.25, 0.3) is 0 Å². The van der Waals surface area contributed by atoms with Gasteiger partial charge in [0.05, 0.1) is 6.61 Å². The summed E-state index contributed by atoms with van der Waals surface area (Å²) in [6, 6.07) is 0. The molecule has 1 atom stereocenters. The summed E-state index contributed by atoms with van der Waals surface area (Å²) in [7, 11) is -7.81. The lowest BCUT2D eigenvalue weighted by Crippen LogP contribution is -2.34. The van der Waals surface area contributed by atoms with E-state index in [0.717, 1.165) is 0 Å². The summed E-state index contributed by atoms with van der Waals surface area (Å²) in [5, 5.41) is 1.73. The second-order valence-corrected chi connectivity index (χ2v) is 7.01. The smallest absolute Gasteiger partial charge is 0.408 e. The number of ether oxygens (including phenoxy) is 1. The standard InChI is InChI=1S/C7H17NO7P2/c1-5(2)3-4-15-6(9)8-7(16(10)11)17(12,13)14/h5,7,10-11H,3-4H2,1-2H3,(H,8,9)(H2,12,13,14). The zero-order valence-corrected chi connectivity index (χ0v) is 11.3. The highest BCUT2D eigenvalue weighted by molar-refractivity contribution is 7.67. The van der Waals surface area contributed by atoms with E-state index in [2.05, 4.69) is 4.74 Å². The highest BCUT2D eigenvalue weighted by Gasteiger charge is 2.37. The molecule has 0 aromatic rings. The molecule has 0 heterocycles. The molecule has 1 unspecified atom stereocenters. The van der Waals surface area contributed by atoms with E-state index in [1.54, 1.807) is 5.32 Å². The number of amides is 1. The minimum atomic E-state index is -4.82. The number of carbonyl (C=O) groups excluding carboxylic acids is 1. The van der Waals surface area contributed by atoms with E-state index in [0.29, 0.717) is 12.3 Å². The first-order valence-electron chi connectivity index (χ1n) is 4.80. The summed E-state index contributed by atoms with van der Waals surface area (Å²) in [6.45, 7) is 3.92. The molecule has 0 saturated carbocycles. The Labute approximate surface area is 100 Å². The average molecular weight is 289 g/mol. The largest absolute Gasteiger partial charge is 0.450 e. The SMILES string of the molecule is CC(C)CCOC(=O)NC(P(O)O)P(=O)(O)O. The maximum atomic E-state index is 11.1. The van der Waals surface area contributed by atoms with Gasteiger partial charge in [-0.3, -0.25) is 9.88 Å². The fourth-order valence-corrected chi connectivity index (χ4v) is 2.38. The molecule has 5 N–H and O–H groups in total. The molecule has 0 aromatic heterocycles. The van der Waals surface area contributed by atoms with Gasteiger partial charge in [0.2, 0.25) is 13.9 Å². The van der Waals surface area contributed by atoms with Gasteiger partial charge in [0.25, 0.3) is 0 Å². The number of nitrogens with one attached hydrogen (secondary N) is 1. The molecular formula is C7H17NO7P2. The number of carbonyl (C=O) groups is 1. The van der Waals surface area contributed by atoms with Crippen LogP contribution in [0.15, 0.2) is 0 Å². The van der Waals surface area contributed by atoms with E-state index in [1.807, 2.05) is 13.8 Å². The monoisotopic (exact) mass is 289 g/mol. The normalized spacial score (nSPS) is 13.9. The van der Waals surface area contributed by atoms with Crippen LogP contribution < -0.4 is 5.32 Å². The maximum absolute atomic E-state index is 11.1. The first kappa shape index (κ1) is 16.8. The number of hydrogen-bond acceptors (Lipinski definition) is 5. The van der Waals surface area contributed by atoms with Crippen molar-refractivity contribution < 1.29 is 33.7 Å². The van der Waals surface area contributed by atoms with E-state index in [4.69, 9.17) is 19.6 Å². The van der Waals surface area contributed by atoms with Gasteiger partial charge in [0.1, 0.15) is 0 Å². The fourth-order valence-electron chi connectivity index (χ4n) is 0.811. The highest BCUT2D eigenvalue weighted by Crippen LogP contribution is 2.53. The number of alkyl carbamates (subject to hydrolysis) is 1. The molecule has 0 aliphatic heterocycles. The van der Waals surface area contributed by atoms with E-state index in [-0.39, 0.29) is 6.61 Å². The Morgan fingerprint density at radius 2 is 1.94 bits per heavy atom. The van der Waals surface area contributed by atoms with E-state index < -0.39 is 27.6 Å². The minimum Gasteiger partial charge on any atom is -0.450 e. The van der Waals surface area contributed by atoms with Crippen LogP contribution in [0.3, 0.4) is 0 Å². The van der Waals surface area contributed by atoms with Crippen molar-refractivity contribution >= 4 is 22.1 Å². The van der Waals surface area contributed by atoms with Crippen molar-refractivity contribution in [2.45, 2.75) is 25.8 Å². The summed E-state index contributed by atoms with van der Waals surface area (Å²) in [5.74, 6) is 0.313. The van der Waals surface area contributed by atoms with Crippen molar-refractivity contribution in [3.63, 3.8) is 0 Å². The second kappa shape index (κ2) is 7.26. The predicted octanol–water partition coefficient (Wildman–Crippen LogP) is 0.516. The van der Waals surface area contributed by atoms with Gasteiger partial charge >= 0.3 is 13.7 Å². The molecule has 0 spiro atoms. The third kappa shape index (κ3) is 7.65. The first-order chi connectivity index (χ1) is 7.64. The predicted molar refractivity (Wildman–Crippen MR) is 61.1 cm³/mol. The van der Waals surface area contributed by atoms with Crippen molar-refractivity contribution in [2.75, 3.05) is 6.61 Å². The van der Waals surface area contributed by atoms with Gasteiger partial charge in [0, 0.05) is 0 Å². The molecule has 0 rings (SSSR count). The van der Waals surface area contributed by atoms with Crippen LogP contribution in [0.5, 0.6) is 0 Å². The highest BCUT2D eigenvalue weighted by atomic mass is 31.2. The zero-order chi connectivity index (χ0) is 13.6. The molecule has 10 heteroatoms. The summed E-state index contributed by atoms with van der Waals surface area (Å²) in [6.07, 6.45) is -0.490. The quantitative estimate of drug-likeness (QED) is 0.449.